The number of amides is 1. The summed E-state index contributed by atoms with van der Waals surface area (Å²) in [5.74, 6) is 5.66. The second-order valence-electron chi connectivity index (χ2n) is 6.76. The molecule has 0 aliphatic carbocycles. The summed E-state index contributed by atoms with van der Waals surface area (Å²) in [6, 6.07) is 13.0. The van der Waals surface area contributed by atoms with Gasteiger partial charge in [0.15, 0.2) is 0 Å². The second-order valence-corrected chi connectivity index (χ2v) is 9.26. The van der Waals surface area contributed by atoms with Gasteiger partial charge >= 0.3 is 0 Å². The van der Waals surface area contributed by atoms with Crippen LogP contribution >= 0.6 is 11.8 Å². The summed E-state index contributed by atoms with van der Waals surface area (Å²) in [4.78, 5) is 12.2. The summed E-state index contributed by atoms with van der Waals surface area (Å²) in [7, 11) is -3.81. The summed E-state index contributed by atoms with van der Waals surface area (Å²) in [6.45, 7) is 0. The van der Waals surface area contributed by atoms with E-state index in [1.165, 1.54) is 41.1 Å². The predicted molar refractivity (Wildman–Crippen MR) is 120 cm³/mol. The average Bonchev–Trinajstić information content (AvgIpc) is 3.39. The number of carbonyl (C=O) groups is 1. The molecule has 2 heterocycles. The zero-order valence-electron chi connectivity index (χ0n) is 16.8. The Morgan fingerprint density at radius 2 is 1.82 bits per heavy atom. The van der Waals surface area contributed by atoms with E-state index in [-0.39, 0.29) is 22.4 Å². The topological polar surface area (TPSA) is 175 Å². The van der Waals surface area contributed by atoms with Crippen LogP contribution in [0.2, 0.25) is 0 Å². The molecule has 0 bridgehead atoms. The minimum Gasteiger partial charge on any atom is -0.335 e. The van der Waals surface area contributed by atoms with Crippen molar-refractivity contribution in [2.75, 3.05) is 16.9 Å². The van der Waals surface area contributed by atoms with Crippen LogP contribution < -0.4 is 16.3 Å². The molecule has 11 nitrogen and oxygen atoms in total. The number of halogens is 1. The van der Waals surface area contributed by atoms with Gasteiger partial charge in [-0.05, 0) is 54.6 Å². The number of aromatic amines is 1. The number of hydrogen-bond acceptors (Lipinski definition) is 8. The lowest BCUT2D eigenvalue weighted by atomic mass is 10.1. The Bertz CT molecular complexity index is 1400. The van der Waals surface area contributed by atoms with Crippen molar-refractivity contribution in [3.05, 3.63) is 60.4 Å². The summed E-state index contributed by atoms with van der Waals surface area (Å²) in [5, 5.41) is 23.0. The first-order valence-electron chi connectivity index (χ1n) is 9.28. The highest BCUT2D eigenvalue weighted by molar-refractivity contribution is 7.99. The van der Waals surface area contributed by atoms with Crippen LogP contribution in [0, 0.1) is 5.82 Å². The van der Waals surface area contributed by atoms with Crippen LogP contribution in [0.5, 0.6) is 0 Å². The first kappa shape index (κ1) is 22.4. The standard InChI is InChI=1S/C19H17FN8O3S2/c20-12-3-1-11(2-4-12)15-9-16(25-24-15)18-26-27-19(28(18)21)32-10-17(29)23-13-5-7-14(8-6-13)33(22,30)31/h1-9H,10,21H2,(H,23,29)(H,24,25)(H2,22,30,31). The lowest BCUT2D eigenvalue weighted by molar-refractivity contribution is -0.113. The van der Waals surface area contributed by atoms with E-state index in [9.17, 15) is 17.6 Å². The van der Waals surface area contributed by atoms with Gasteiger partial charge < -0.3 is 11.2 Å². The lowest BCUT2D eigenvalue weighted by Gasteiger charge is -2.06. The van der Waals surface area contributed by atoms with Gasteiger partial charge in [0.25, 0.3) is 0 Å². The number of hydrogen-bond donors (Lipinski definition) is 4. The monoisotopic (exact) mass is 488 g/mol. The number of thioether (sulfide) groups is 1. The van der Waals surface area contributed by atoms with Gasteiger partial charge in [-0.1, -0.05) is 11.8 Å². The second kappa shape index (κ2) is 9.01. The number of carbonyl (C=O) groups excluding carboxylic acids is 1. The SMILES string of the molecule is Nn1c(SCC(=O)Nc2ccc(S(N)(=O)=O)cc2)nnc1-c1cc(-c2ccc(F)cc2)n[nH]1. The molecule has 0 radical (unpaired) electrons. The maximum absolute atomic E-state index is 13.1. The number of primary sulfonamides is 1. The van der Waals surface area contributed by atoms with Crippen molar-refractivity contribution in [2.24, 2.45) is 5.14 Å². The molecule has 2 aromatic heterocycles. The summed E-state index contributed by atoms with van der Waals surface area (Å²) in [5.41, 5.74) is 2.20. The minimum atomic E-state index is -3.81. The van der Waals surface area contributed by atoms with E-state index in [4.69, 9.17) is 11.0 Å². The maximum atomic E-state index is 13.1. The van der Waals surface area contributed by atoms with Crippen molar-refractivity contribution < 1.29 is 17.6 Å². The third-order valence-corrected chi connectivity index (χ3v) is 6.29. The first-order valence-corrected chi connectivity index (χ1v) is 11.8. The molecule has 0 saturated heterocycles. The molecular weight excluding hydrogens is 471 g/mol. The fourth-order valence-corrected chi connectivity index (χ4v) is 3.99. The largest absolute Gasteiger partial charge is 0.335 e. The number of anilines is 1. The van der Waals surface area contributed by atoms with Gasteiger partial charge in [-0.2, -0.15) is 5.10 Å². The Labute approximate surface area is 191 Å². The number of benzene rings is 2. The minimum absolute atomic E-state index is 0.0178. The number of nitrogens with two attached hydrogens (primary N) is 2. The predicted octanol–water partition coefficient (Wildman–Crippen LogP) is 1.57. The van der Waals surface area contributed by atoms with Gasteiger partial charge in [-0.25, -0.2) is 22.6 Å². The highest BCUT2D eigenvalue weighted by Gasteiger charge is 2.17. The molecule has 0 fully saturated rings. The molecule has 4 aromatic rings. The van der Waals surface area contributed by atoms with Gasteiger partial charge in [0, 0.05) is 11.3 Å². The molecule has 0 unspecified atom stereocenters. The Hall–Kier alpha value is -3.75. The Morgan fingerprint density at radius 3 is 2.48 bits per heavy atom. The summed E-state index contributed by atoms with van der Waals surface area (Å²) < 4.78 is 36.9. The Balaban J connectivity index is 1.39. The molecule has 0 atom stereocenters. The molecule has 0 aliphatic rings. The molecule has 4 rings (SSSR count). The van der Waals surface area contributed by atoms with E-state index in [0.717, 1.165) is 11.8 Å². The molecule has 170 valence electrons. The van der Waals surface area contributed by atoms with E-state index in [2.05, 4.69) is 25.7 Å². The maximum Gasteiger partial charge on any atom is 0.238 e. The molecule has 33 heavy (non-hydrogen) atoms. The van der Waals surface area contributed by atoms with Crippen molar-refractivity contribution in [1.29, 1.82) is 0 Å². The van der Waals surface area contributed by atoms with Gasteiger partial charge in [-0.3, -0.25) is 9.89 Å². The number of nitrogens with zero attached hydrogens (tertiary/aromatic N) is 4. The highest BCUT2D eigenvalue weighted by atomic mass is 32.2. The molecule has 0 aliphatic heterocycles. The van der Waals surface area contributed by atoms with Gasteiger partial charge in [0.2, 0.25) is 26.9 Å². The smallest absolute Gasteiger partial charge is 0.238 e. The molecular formula is C19H17FN8O3S2. The third kappa shape index (κ3) is 5.19. The van der Waals surface area contributed by atoms with Crippen LogP contribution in [0.4, 0.5) is 10.1 Å². The van der Waals surface area contributed by atoms with Crippen molar-refractivity contribution in [2.45, 2.75) is 10.1 Å². The quantitative estimate of drug-likeness (QED) is 0.224. The zero-order valence-corrected chi connectivity index (χ0v) is 18.4. The Kier molecular flexibility index (Phi) is 6.13. The number of sulfonamides is 1. The van der Waals surface area contributed by atoms with Gasteiger partial charge in [-0.15, -0.1) is 10.2 Å². The number of aromatic nitrogens is 5. The lowest BCUT2D eigenvalue weighted by Crippen LogP contribution is -2.17. The van der Waals surface area contributed by atoms with Crippen LogP contribution in [0.15, 0.2) is 64.6 Å². The summed E-state index contributed by atoms with van der Waals surface area (Å²) in [6.07, 6.45) is 0. The van der Waals surface area contributed by atoms with Crippen LogP contribution in [-0.4, -0.2) is 45.1 Å². The molecule has 1 amide bonds. The fourth-order valence-electron chi connectivity index (χ4n) is 2.82. The molecule has 0 spiro atoms. The highest BCUT2D eigenvalue weighted by Crippen LogP contribution is 2.25. The van der Waals surface area contributed by atoms with Crippen LogP contribution in [0.1, 0.15) is 0 Å². The van der Waals surface area contributed by atoms with E-state index in [1.54, 1.807) is 18.2 Å². The van der Waals surface area contributed by atoms with E-state index < -0.39 is 10.0 Å². The van der Waals surface area contributed by atoms with Crippen molar-refractivity contribution >= 4 is 33.4 Å². The van der Waals surface area contributed by atoms with E-state index in [1.807, 2.05) is 0 Å². The summed E-state index contributed by atoms with van der Waals surface area (Å²) >= 11 is 1.06. The normalized spacial score (nSPS) is 11.5. The molecule has 14 heteroatoms. The van der Waals surface area contributed by atoms with E-state index >= 15 is 0 Å². The van der Waals surface area contributed by atoms with E-state index in [0.29, 0.717) is 33.6 Å². The van der Waals surface area contributed by atoms with Crippen molar-refractivity contribution in [3.63, 3.8) is 0 Å². The number of rotatable bonds is 7. The van der Waals surface area contributed by atoms with Gasteiger partial charge in [0.1, 0.15) is 11.5 Å². The third-order valence-electron chi connectivity index (χ3n) is 4.42. The van der Waals surface area contributed by atoms with Crippen LogP contribution in [0.25, 0.3) is 22.8 Å². The average molecular weight is 489 g/mol. The van der Waals surface area contributed by atoms with Crippen LogP contribution in [0.3, 0.4) is 0 Å². The molecule has 0 saturated carbocycles. The Morgan fingerprint density at radius 1 is 1.12 bits per heavy atom. The zero-order chi connectivity index (χ0) is 23.6. The van der Waals surface area contributed by atoms with Crippen molar-refractivity contribution in [3.8, 4) is 22.8 Å². The molecule has 6 N–H and O–H groups in total. The van der Waals surface area contributed by atoms with Crippen LogP contribution in [-0.2, 0) is 14.8 Å². The number of nitrogens with one attached hydrogen (secondary N) is 2. The fraction of sp³-hybridized carbons (Fsp3) is 0.0526. The number of nitrogen functional groups attached to an aromatic ring is 1. The molecule has 2 aromatic carbocycles. The van der Waals surface area contributed by atoms with Gasteiger partial charge in [0.05, 0.1) is 16.3 Å². The van der Waals surface area contributed by atoms with Crippen molar-refractivity contribution in [1.82, 2.24) is 25.1 Å². The number of H-pyrrole nitrogens is 1. The first-order chi connectivity index (χ1) is 15.7.